The topological polar surface area (TPSA) is 148 Å². The molecule has 1 saturated heterocycles. The lowest BCUT2D eigenvalue weighted by Gasteiger charge is -2.32. The monoisotopic (exact) mass is 562 g/mol. The van der Waals surface area contributed by atoms with Crippen molar-refractivity contribution in [3.63, 3.8) is 0 Å². The maximum atomic E-state index is 11.9. The van der Waals surface area contributed by atoms with Gasteiger partial charge in [-0.1, -0.05) is 26.3 Å². The Kier molecular flexibility index (Phi) is 9.85. The highest BCUT2D eigenvalue weighted by Crippen LogP contribution is 2.36. The first kappa shape index (κ1) is 29.5. The molecule has 1 aromatic carbocycles. The molecule has 1 aliphatic rings. The van der Waals surface area contributed by atoms with Crippen LogP contribution in [0, 0.1) is 0 Å². The van der Waals surface area contributed by atoms with Crippen LogP contribution in [0.15, 0.2) is 43.1 Å². The van der Waals surface area contributed by atoms with Gasteiger partial charge in [-0.2, -0.15) is 15.2 Å². The van der Waals surface area contributed by atoms with E-state index in [9.17, 15) is 9.90 Å². The number of ether oxygens (including phenoxy) is 1. The summed E-state index contributed by atoms with van der Waals surface area (Å²) in [5.41, 5.74) is 1.78. The minimum atomic E-state index is -1.16. The number of piperidine rings is 1. The van der Waals surface area contributed by atoms with Gasteiger partial charge >= 0.3 is 5.97 Å². The number of benzene rings is 1. The predicted octanol–water partition coefficient (Wildman–Crippen LogP) is 4.56. The summed E-state index contributed by atoms with van der Waals surface area (Å²) in [7, 11) is 5.49. The summed E-state index contributed by atoms with van der Waals surface area (Å²) in [6.07, 6.45) is 11.3. The molecule has 0 amide bonds. The number of likely N-dealkylation sites (tertiary alicyclic amines) is 1. The van der Waals surface area contributed by atoms with E-state index in [1.165, 1.54) is 32.6 Å². The van der Waals surface area contributed by atoms with Gasteiger partial charge in [0.1, 0.15) is 11.9 Å². The van der Waals surface area contributed by atoms with E-state index in [1.807, 2.05) is 30.8 Å². The zero-order valence-electron chi connectivity index (χ0n) is 24.2. The number of hydrogen-bond donors (Lipinski definition) is 3. The molecule has 1 atom stereocenters. The van der Waals surface area contributed by atoms with Crippen molar-refractivity contribution in [3.05, 3.63) is 48.7 Å². The summed E-state index contributed by atoms with van der Waals surface area (Å²) >= 11 is 0. The van der Waals surface area contributed by atoms with Crippen LogP contribution in [0.5, 0.6) is 5.75 Å². The molecule has 41 heavy (non-hydrogen) atoms. The van der Waals surface area contributed by atoms with Crippen molar-refractivity contribution < 1.29 is 14.6 Å². The third-order valence-electron chi connectivity index (χ3n) is 6.83. The molecule has 13 nitrogen and oxygen atoms in total. The number of nitrogens with zero attached hydrogens (tertiary/aromatic N) is 8. The number of carbonyl (C=O) groups is 1. The molecule has 13 heteroatoms. The van der Waals surface area contributed by atoms with Gasteiger partial charge in [-0.05, 0) is 45.0 Å². The second-order valence-electron chi connectivity index (χ2n) is 9.55. The molecule has 0 aliphatic carbocycles. The molecule has 0 bridgehead atoms. The van der Waals surface area contributed by atoms with E-state index in [1.54, 1.807) is 36.4 Å². The van der Waals surface area contributed by atoms with E-state index in [4.69, 9.17) is 4.74 Å². The van der Waals surface area contributed by atoms with Crippen molar-refractivity contribution >= 4 is 29.1 Å². The van der Waals surface area contributed by atoms with E-state index in [2.05, 4.69) is 47.7 Å². The zero-order valence-corrected chi connectivity index (χ0v) is 24.2. The third-order valence-corrected chi connectivity index (χ3v) is 6.83. The number of para-hydroxylation sites is 1. The lowest BCUT2D eigenvalue weighted by atomic mass is 10.0. The van der Waals surface area contributed by atoms with Gasteiger partial charge in [0.2, 0.25) is 5.95 Å². The molecule has 1 aliphatic heterocycles. The summed E-state index contributed by atoms with van der Waals surface area (Å²) in [6, 6.07) is 5.97. The van der Waals surface area contributed by atoms with Crippen LogP contribution in [0.3, 0.4) is 0 Å². The molecule has 5 rings (SSSR count). The van der Waals surface area contributed by atoms with Gasteiger partial charge in [0.05, 0.1) is 30.2 Å². The average Bonchev–Trinajstić information content (AvgIpc) is 3.62. The number of carboxylic acid groups (broad SMARTS) is 1. The second kappa shape index (κ2) is 13.7. The van der Waals surface area contributed by atoms with E-state index < -0.39 is 5.97 Å². The van der Waals surface area contributed by atoms with E-state index in [0.29, 0.717) is 34.6 Å². The van der Waals surface area contributed by atoms with Crippen LogP contribution in [0.4, 0.5) is 23.1 Å². The van der Waals surface area contributed by atoms with Gasteiger partial charge in [0.25, 0.3) is 0 Å². The number of nitrogens with one attached hydrogen (secondary N) is 2. The summed E-state index contributed by atoms with van der Waals surface area (Å²) < 4.78 is 9.14. The maximum absolute atomic E-state index is 11.9. The summed E-state index contributed by atoms with van der Waals surface area (Å²) in [6.45, 7) is 5.95. The van der Waals surface area contributed by atoms with E-state index in [-0.39, 0.29) is 17.3 Å². The van der Waals surface area contributed by atoms with E-state index in [0.717, 1.165) is 19.5 Å². The fraction of sp³-hybridized carbons (Fsp3) is 0.429. The van der Waals surface area contributed by atoms with Crippen molar-refractivity contribution in [1.82, 2.24) is 39.4 Å². The molecule has 3 aromatic heterocycles. The Balaban J connectivity index is 0.00000189. The highest BCUT2D eigenvalue weighted by molar-refractivity contribution is 5.94. The molecular formula is C28H38N10O3. The molecule has 0 spiro atoms. The Hall–Kier alpha value is -4.52. The Bertz CT molecular complexity index is 1450. The number of aromatic carboxylic acids is 1. The number of anilines is 4. The maximum Gasteiger partial charge on any atom is 0.341 e. The Labute approximate surface area is 239 Å². The zero-order chi connectivity index (χ0) is 29.4. The molecule has 3 N–H and O–H groups in total. The highest BCUT2D eigenvalue weighted by atomic mass is 16.5. The first-order valence-electron chi connectivity index (χ1n) is 13.8. The Morgan fingerprint density at radius 2 is 1.98 bits per heavy atom. The van der Waals surface area contributed by atoms with E-state index >= 15 is 0 Å². The van der Waals surface area contributed by atoms with Gasteiger partial charge in [0.15, 0.2) is 17.4 Å². The Morgan fingerprint density at radius 3 is 2.68 bits per heavy atom. The van der Waals surface area contributed by atoms with Crippen molar-refractivity contribution in [3.8, 4) is 17.1 Å². The molecule has 4 aromatic rings. The van der Waals surface area contributed by atoms with Gasteiger partial charge in [-0.25, -0.2) is 14.8 Å². The Morgan fingerprint density at radius 1 is 1.15 bits per heavy atom. The van der Waals surface area contributed by atoms with Gasteiger partial charge in [-0.15, -0.1) is 0 Å². The number of methoxy groups -OCH3 is 1. The number of hydrogen-bond acceptors (Lipinski definition) is 10. The van der Waals surface area contributed by atoms with Crippen LogP contribution >= 0.6 is 0 Å². The second-order valence-corrected chi connectivity index (χ2v) is 9.55. The lowest BCUT2D eigenvalue weighted by Crippen LogP contribution is -2.36. The predicted molar refractivity (Wildman–Crippen MR) is 157 cm³/mol. The normalized spacial score (nSPS) is 15.1. The van der Waals surface area contributed by atoms with Crippen molar-refractivity contribution in [2.75, 3.05) is 31.3 Å². The lowest BCUT2D eigenvalue weighted by molar-refractivity contribution is 0.0697. The molecule has 0 saturated carbocycles. The molecular weight excluding hydrogens is 524 g/mol. The van der Waals surface area contributed by atoms with Crippen molar-refractivity contribution in [2.45, 2.75) is 52.1 Å². The van der Waals surface area contributed by atoms with Gasteiger partial charge < -0.3 is 25.4 Å². The minimum absolute atomic E-state index is 0.0868. The standard InChI is InChI=1S/C26H32N10O3.C2H6/c1-34-11-5-4-7-18(34)10-12-36-15-17(13-29-36)30-26-27-14-20(25(37)38)24(32-26)31-21-9-6-8-19(22(21)39-3)23-28-16-35(2)33-23;1-2/h6,8-9,13-16,18H,4-5,7,10-12H2,1-3H3,(H,37,38)(H2,27,30,31,32);1-2H3. The largest absolute Gasteiger partial charge is 0.494 e. The minimum Gasteiger partial charge on any atom is -0.494 e. The SMILES string of the molecule is CC.COc1c(Nc2nc(Nc3cnn(CCC4CCCCN4C)c3)ncc2C(=O)O)cccc1-c1ncn(C)n1. The quantitative estimate of drug-likeness (QED) is 0.250. The fourth-order valence-corrected chi connectivity index (χ4v) is 4.79. The van der Waals surface area contributed by atoms with Crippen LogP contribution in [-0.2, 0) is 13.6 Å². The van der Waals surface area contributed by atoms with Crippen LogP contribution in [0.2, 0.25) is 0 Å². The van der Waals surface area contributed by atoms with Crippen molar-refractivity contribution in [1.29, 1.82) is 0 Å². The molecule has 1 unspecified atom stereocenters. The van der Waals surface area contributed by atoms with Crippen LogP contribution in [0.25, 0.3) is 11.4 Å². The third kappa shape index (κ3) is 7.17. The number of carboxylic acids is 1. The molecule has 4 heterocycles. The van der Waals surface area contributed by atoms with Gasteiger partial charge in [0, 0.05) is 32.0 Å². The van der Waals surface area contributed by atoms with Crippen LogP contribution < -0.4 is 15.4 Å². The number of rotatable bonds is 10. The number of aromatic nitrogens is 7. The first-order chi connectivity index (χ1) is 19.9. The van der Waals surface area contributed by atoms with Gasteiger partial charge in [-0.3, -0.25) is 9.36 Å². The molecule has 1 fully saturated rings. The van der Waals surface area contributed by atoms with Crippen LogP contribution in [-0.4, -0.2) is 77.2 Å². The highest BCUT2D eigenvalue weighted by Gasteiger charge is 2.20. The molecule has 0 radical (unpaired) electrons. The smallest absolute Gasteiger partial charge is 0.341 e. The summed E-state index contributed by atoms with van der Waals surface area (Å²) in [5, 5.41) is 24.8. The van der Waals surface area contributed by atoms with Crippen molar-refractivity contribution in [2.24, 2.45) is 7.05 Å². The summed E-state index contributed by atoms with van der Waals surface area (Å²) in [4.78, 5) is 27.3. The fourth-order valence-electron chi connectivity index (χ4n) is 4.79. The number of aryl methyl sites for hydroxylation is 2. The van der Waals surface area contributed by atoms with Crippen LogP contribution in [0.1, 0.15) is 49.9 Å². The first-order valence-corrected chi connectivity index (χ1v) is 13.8. The summed E-state index contributed by atoms with van der Waals surface area (Å²) in [5.74, 6) is 0.116. The molecule has 218 valence electrons. The average molecular weight is 563 g/mol.